The van der Waals surface area contributed by atoms with Crippen molar-refractivity contribution in [3.05, 3.63) is 0 Å². The Labute approximate surface area is 108 Å². The second-order valence-corrected chi connectivity index (χ2v) is 8.16. The van der Waals surface area contributed by atoms with Gasteiger partial charge in [-0.1, -0.05) is 46.5 Å². The lowest BCUT2D eigenvalue weighted by molar-refractivity contribution is 0.116. The normalized spacial score (nSPS) is 54.9. The average molecular weight is 234 g/mol. The molecule has 2 bridgehead atoms. The summed E-state index contributed by atoms with van der Waals surface area (Å²) < 4.78 is 0. The first-order valence-corrected chi connectivity index (χ1v) is 8.04. The van der Waals surface area contributed by atoms with Gasteiger partial charge in [0.25, 0.3) is 0 Å². The Kier molecular flexibility index (Phi) is 2.84. The van der Waals surface area contributed by atoms with E-state index in [0.717, 1.165) is 17.8 Å². The second kappa shape index (κ2) is 4.00. The maximum atomic E-state index is 2.64. The van der Waals surface area contributed by atoms with Gasteiger partial charge in [-0.15, -0.1) is 0 Å². The summed E-state index contributed by atoms with van der Waals surface area (Å²) in [6.07, 6.45) is 13.7. The zero-order valence-electron chi connectivity index (χ0n) is 12.1. The highest BCUT2D eigenvalue weighted by Crippen LogP contribution is 2.65. The lowest BCUT2D eigenvalue weighted by atomic mass is 9.67. The van der Waals surface area contributed by atoms with Crippen LogP contribution >= 0.6 is 0 Å². The van der Waals surface area contributed by atoms with E-state index >= 15 is 0 Å². The summed E-state index contributed by atoms with van der Waals surface area (Å²) in [4.78, 5) is 0. The van der Waals surface area contributed by atoms with Crippen LogP contribution in [-0.2, 0) is 0 Å². The summed E-state index contributed by atoms with van der Waals surface area (Å²) in [5.74, 6) is 3.13. The minimum atomic E-state index is 0.703. The summed E-state index contributed by atoms with van der Waals surface area (Å²) >= 11 is 0. The third kappa shape index (κ3) is 1.87. The molecular weight excluding hydrogens is 204 g/mol. The smallest absolute Gasteiger partial charge is 0.0289 e. The van der Waals surface area contributed by atoms with Crippen LogP contribution in [0.4, 0.5) is 0 Å². The molecule has 3 aliphatic carbocycles. The van der Waals surface area contributed by atoms with Crippen LogP contribution in [0.1, 0.15) is 78.6 Å². The lowest BCUT2D eigenvalue weighted by Crippen LogP contribution is -2.29. The second-order valence-electron chi connectivity index (χ2n) is 8.16. The van der Waals surface area contributed by atoms with Gasteiger partial charge >= 0.3 is 0 Å². The van der Waals surface area contributed by atoms with Crippen LogP contribution in [0.3, 0.4) is 0 Å². The van der Waals surface area contributed by atoms with E-state index in [9.17, 15) is 0 Å². The largest absolute Gasteiger partial charge is 0.0625 e. The molecule has 0 N–H and O–H groups in total. The molecule has 4 atom stereocenters. The Hall–Kier alpha value is 0. The number of hydrogen-bond donors (Lipinski definition) is 0. The Morgan fingerprint density at radius 1 is 0.765 bits per heavy atom. The minimum Gasteiger partial charge on any atom is -0.0625 e. The molecule has 3 saturated carbocycles. The van der Waals surface area contributed by atoms with Crippen molar-refractivity contribution in [2.75, 3.05) is 0 Å². The number of hydrogen-bond acceptors (Lipinski definition) is 0. The molecular formula is C17H30. The van der Waals surface area contributed by atoms with Gasteiger partial charge in [0.2, 0.25) is 0 Å². The SMILES string of the molecule is CC1CCC2(C)CC(C)(CC1)C1CCCCC12. The predicted molar refractivity (Wildman–Crippen MR) is 73.9 cm³/mol. The third-order valence-corrected chi connectivity index (χ3v) is 6.78. The Bertz CT molecular complexity index is 266. The summed E-state index contributed by atoms with van der Waals surface area (Å²) in [5, 5.41) is 0. The van der Waals surface area contributed by atoms with Gasteiger partial charge in [0, 0.05) is 0 Å². The Morgan fingerprint density at radius 3 is 1.71 bits per heavy atom. The van der Waals surface area contributed by atoms with Crippen LogP contribution in [0.15, 0.2) is 0 Å². The van der Waals surface area contributed by atoms with Crippen LogP contribution in [0.5, 0.6) is 0 Å². The summed E-state index contributed by atoms with van der Waals surface area (Å²) in [7, 11) is 0. The van der Waals surface area contributed by atoms with Crippen molar-refractivity contribution in [1.82, 2.24) is 0 Å². The highest BCUT2D eigenvalue weighted by Gasteiger charge is 2.56. The van der Waals surface area contributed by atoms with Gasteiger partial charge < -0.3 is 0 Å². The average Bonchev–Trinajstić information content (AvgIpc) is 2.56. The van der Waals surface area contributed by atoms with Crippen molar-refractivity contribution >= 4 is 0 Å². The van der Waals surface area contributed by atoms with Crippen molar-refractivity contribution in [1.29, 1.82) is 0 Å². The fourth-order valence-corrected chi connectivity index (χ4v) is 5.83. The van der Waals surface area contributed by atoms with Crippen LogP contribution in [0.2, 0.25) is 0 Å². The molecule has 3 fully saturated rings. The molecule has 98 valence electrons. The number of rotatable bonds is 0. The van der Waals surface area contributed by atoms with Gasteiger partial charge in [0.05, 0.1) is 0 Å². The fraction of sp³-hybridized carbons (Fsp3) is 1.00. The zero-order chi connectivity index (χ0) is 12.1. The van der Waals surface area contributed by atoms with E-state index in [2.05, 4.69) is 20.8 Å². The van der Waals surface area contributed by atoms with E-state index in [1.54, 1.807) is 19.3 Å². The van der Waals surface area contributed by atoms with Gasteiger partial charge in [-0.05, 0) is 60.7 Å². The van der Waals surface area contributed by atoms with Gasteiger partial charge in [0.15, 0.2) is 0 Å². The molecule has 0 radical (unpaired) electrons. The molecule has 0 nitrogen and oxygen atoms in total. The molecule has 0 heterocycles. The van der Waals surface area contributed by atoms with Crippen LogP contribution in [0, 0.1) is 28.6 Å². The van der Waals surface area contributed by atoms with Crippen LogP contribution in [-0.4, -0.2) is 0 Å². The molecule has 0 aliphatic heterocycles. The van der Waals surface area contributed by atoms with Crippen LogP contribution in [0.25, 0.3) is 0 Å². The maximum Gasteiger partial charge on any atom is -0.0289 e. The molecule has 0 spiro atoms. The topological polar surface area (TPSA) is 0 Å². The fourth-order valence-electron chi connectivity index (χ4n) is 5.83. The van der Waals surface area contributed by atoms with Crippen molar-refractivity contribution in [2.24, 2.45) is 28.6 Å². The van der Waals surface area contributed by atoms with E-state index in [1.807, 2.05) is 0 Å². The first kappa shape index (κ1) is 12.1. The van der Waals surface area contributed by atoms with E-state index < -0.39 is 0 Å². The van der Waals surface area contributed by atoms with Gasteiger partial charge in [0.1, 0.15) is 0 Å². The predicted octanol–water partition coefficient (Wildman–Crippen LogP) is 5.42. The van der Waals surface area contributed by atoms with Gasteiger partial charge in [-0.2, -0.15) is 0 Å². The molecule has 0 saturated heterocycles. The molecule has 0 heteroatoms. The molecule has 0 aromatic rings. The van der Waals surface area contributed by atoms with Crippen molar-refractivity contribution in [3.8, 4) is 0 Å². The zero-order valence-corrected chi connectivity index (χ0v) is 12.1. The van der Waals surface area contributed by atoms with Gasteiger partial charge in [-0.25, -0.2) is 0 Å². The number of fused-ring (bicyclic) bond motifs is 5. The van der Waals surface area contributed by atoms with Crippen molar-refractivity contribution in [2.45, 2.75) is 78.6 Å². The van der Waals surface area contributed by atoms with Crippen molar-refractivity contribution < 1.29 is 0 Å². The monoisotopic (exact) mass is 234 g/mol. The first-order valence-electron chi connectivity index (χ1n) is 8.04. The van der Waals surface area contributed by atoms with Crippen molar-refractivity contribution in [3.63, 3.8) is 0 Å². The maximum absolute atomic E-state index is 2.64. The molecule has 3 aliphatic rings. The van der Waals surface area contributed by atoms with Crippen LogP contribution < -0.4 is 0 Å². The minimum absolute atomic E-state index is 0.703. The molecule has 4 unspecified atom stereocenters. The van der Waals surface area contributed by atoms with Gasteiger partial charge in [-0.3, -0.25) is 0 Å². The van der Waals surface area contributed by atoms with E-state index in [1.165, 1.54) is 38.5 Å². The quantitative estimate of drug-likeness (QED) is 0.525. The standard InChI is InChI=1S/C17H30/c1-13-8-10-16(2)12-17(3,11-9-13)15-7-5-4-6-14(15)16/h13-15H,4-12H2,1-3H3. The Balaban J connectivity index is 1.92. The Morgan fingerprint density at radius 2 is 1.24 bits per heavy atom. The van der Waals surface area contributed by atoms with E-state index in [0.29, 0.717) is 10.8 Å². The molecule has 0 amide bonds. The highest BCUT2D eigenvalue weighted by atomic mass is 14.6. The summed E-state index contributed by atoms with van der Waals surface area (Å²) in [5.41, 5.74) is 1.41. The summed E-state index contributed by atoms with van der Waals surface area (Å²) in [6.45, 7) is 7.76. The highest BCUT2D eigenvalue weighted by molar-refractivity contribution is 5.06. The summed E-state index contributed by atoms with van der Waals surface area (Å²) in [6, 6.07) is 0. The molecule has 3 rings (SSSR count). The van der Waals surface area contributed by atoms with E-state index in [4.69, 9.17) is 0 Å². The molecule has 17 heavy (non-hydrogen) atoms. The lowest BCUT2D eigenvalue weighted by Gasteiger charge is -2.38. The third-order valence-electron chi connectivity index (χ3n) is 6.78. The molecule has 0 aromatic carbocycles. The van der Waals surface area contributed by atoms with E-state index in [-0.39, 0.29) is 0 Å². The first-order chi connectivity index (χ1) is 8.04. The molecule has 0 aromatic heterocycles.